The molecule has 0 bridgehead atoms. The Kier molecular flexibility index (Phi) is 9.73. The SMILES string of the molecule is CCCCC[C@@H]1O[C@H](CC(=O)c2ccccc2)C[C@H](CCO[Si](C)(C)C(C)(C)C)O1. The van der Waals surface area contributed by atoms with E-state index in [-0.39, 0.29) is 29.3 Å². The number of hydrogen-bond acceptors (Lipinski definition) is 4. The Labute approximate surface area is 184 Å². The van der Waals surface area contributed by atoms with Crippen LogP contribution in [0.25, 0.3) is 0 Å². The van der Waals surface area contributed by atoms with E-state index in [4.69, 9.17) is 13.9 Å². The maximum absolute atomic E-state index is 12.7. The minimum Gasteiger partial charge on any atom is -0.417 e. The summed E-state index contributed by atoms with van der Waals surface area (Å²) in [5, 5.41) is 0.205. The third kappa shape index (κ3) is 7.91. The van der Waals surface area contributed by atoms with Gasteiger partial charge in [-0.05, 0) is 37.4 Å². The molecule has 0 N–H and O–H groups in total. The molecule has 3 atom stereocenters. The lowest BCUT2D eigenvalue weighted by Crippen LogP contribution is -2.43. The number of Topliss-reactive ketones (excluding diaryl/α,β-unsaturated/α-hetero) is 1. The highest BCUT2D eigenvalue weighted by atomic mass is 28.4. The van der Waals surface area contributed by atoms with Crippen LogP contribution in [-0.4, -0.2) is 39.2 Å². The van der Waals surface area contributed by atoms with Crippen molar-refractivity contribution in [2.75, 3.05) is 6.61 Å². The first-order chi connectivity index (χ1) is 14.1. The van der Waals surface area contributed by atoms with Gasteiger partial charge in [-0.2, -0.15) is 0 Å². The molecule has 30 heavy (non-hydrogen) atoms. The minimum absolute atomic E-state index is 0.0868. The van der Waals surface area contributed by atoms with E-state index in [1.165, 1.54) is 12.8 Å². The van der Waals surface area contributed by atoms with Crippen molar-refractivity contribution in [3.05, 3.63) is 35.9 Å². The lowest BCUT2D eigenvalue weighted by atomic mass is 9.99. The highest BCUT2D eigenvalue weighted by Crippen LogP contribution is 2.37. The summed E-state index contributed by atoms with van der Waals surface area (Å²) in [7, 11) is -1.76. The fraction of sp³-hybridized carbons (Fsp3) is 0.720. The van der Waals surface area contributed by atoms with Crippen LogP contribution in [0, 0.1) is 0 Å². The number of ether oxygens (including phenoxy) is 2. The molecule has 1 aliphatic rings. The van der Waals surface area contributed by atoms with Crippen molar-refractivity contribution in [2.24, 2.45) is 0 Å². The molecule has 0 amide bonds. The highest BCUT2D eigenvalue weighted by molar-refractivity contribution is 6.74. The van der Waals surface area contributed by atoms with E-state index >= 15 is 0 Å². The van der Waals surface area contributed by atoms with Crippen molar-refractivity contribution < 1.29 is 18.7 Å². The normalized spacial score (nSPS) is 22.8. The number of unbranched alkanes of at least 4 members (excludes halogenated alkanes) is 2. The summed E-state index contributed by atoms with van der Waals surface area (Å²) in [4.78, 5) is 12.7. The summed E-state index contributed by atoms with van der Waals surface area (Å²) in [6.45, 7) is 14.3. The van der Waals surface area contributed by atoms with Gasteiger partial charge in [0.05, 0.1) is 12.2 Å². The van der Waals surface area contributed by atoms with Crippen LogP contribution in [0.15, 0.2) is 30.3 Å². The predicted octanol–water partition coefficient (Wildman–Crippen LogP) is 6.75. The number of benzene rings is 1. The molecule has 5 heteroatoms. The molecule has 1 saturated heterocycles. The van der Waals surface area contributed by atoms with Crippen molar-refractivity contribution in [1.29, 1.82) is 0 Å². The predicted molar refractivity (Wildman–Crippen MR) is 125 cm³/mol. The molecule has 1 aromatic rings. The summed E-state index contributed by atoms with van der Waals surface area (Å²) >= 11 is 0. The number of ketones is 1. The van der Waals surface area contributed by atoms with Crippen LogP contribution in [0.5, 0.6) is 0 Å². The molecule has 1 aromatic carbocycles. The lowest BCUT2D eigenvalue weighted by molar-refractivity contribution is -0.245. The second-order valence-corrected chi connectivity index (χ2v) is 14.9. The largest absolute Gasteiger partial charge is 0.417 e. The Balaban J connectivity index is 1.94. The molecular weight excluding hydrogens is 392 g/mol. The van der Waals surface area contributed by atoms with Gasteiger partial charge in [-0.1, -0.05) is 70.9 Å². The van der Waals surface area contributed by atoms with Gasteiger partial charge in [-0.25, -0.2) is 0 Å². The van der Waals surface area contributed by atoms with Crippen LogP contribution in [0.3, 0.4) is 0 Å². The topological polar surface area (TPSA) is 44.8 Å². The molecule has 170 valence electrons. The fourth-order valence-electron chi connectivity index (χ4n) is 3.49. The Morgan fingerprint density at radius 1 is 1.07 bits per heavy atom. The van der Waals surface area contributed by atoms with Gasteiger partial charge in [0.15, 0.2) is 20.4 Å². The van der Waals surface area contributed by atoms with Crippen molar-refractivity contribution in [1.82, 2.24) is 0 Å². The molecular formula is C25H42O4Si. The average Bonchev–Trinajstić information content (AvgIpc) is 2.68. The van der Waals surface area contributed by atoms with E-state index < -0.39 is 8.32 Å². The Morgan fingerprint density at radius 2 is 1.73 bits per heavy atom. The van der Waals surface area contributed by atoms with Crippen molar-refractivity contribution >= 4 is 14.1 Å². The molecule has 2 rings (SSSR count). The van der Waals surface area contributed by atoms with E-state index in [0.717, 1.165) is 31.2 Å². The highest BCUT2D eigenvalue weighted by Gasteiger charge is 2.37. The van der Waals surface area contributed by atoms with Gasteiger partial charge in [0, 0.05) is 25.0 Å². The summed E-state index contributed by atoms with van der Waals surface area (Å²) < 4.78 is 18.8. The summed E-state index contributed by atoms with van der Waals surface area (Å²) in [5.74, 6) is 0.145. The molecule has 1 aliphatic heterocycles. The number of hydrogen-bond donors (Lipinski definition) is 0. The van der Waals surface area contributed by atoms with Gasteiger partial charge < -0.3 is 13.9 Å². The van der Waals surface area contributed by atoms with Crippen molar-refractivity contribution in [2.45, 2.75) is 109 Å². The number of carbonyl (C=O) groups excluding carboxylic acids is 1. The minimum atomic E-state index is -1.76. The molecule has 0 aromatic heterocycles. The van der Waals surface area contributed by atoms with Gasteiger partial charge in [0.25, 0.3) is 0 Å². The zero-order valence-corrected chi connectivity index (χ0v) is 20.9. The van der Waals surface area contributed by atoms with E-state index in [9.17, 15) is 4.79 Å². The standard InChI is InChI=1S/C25H42O4Si/c1-7-8-10-15-24-28-21(16-17-27-30(5,6)25(2,3)4)18-22(29-24)19-23(26)20-13-11-9-12-14-20/h9,11-14,21-22,24H,7-8,10,15-19H2,1-6H3/t21-,22-,24-/m0/s1. The lowest BCUT2D eigenvalue weighted by Gasteiger charge is -2.38. The van der Waals surface area contributed by atoms with Gasteiger partial charge in [0.2, 0.25) is 0 Å². The van der Waals surface area contributed by atoms with Crippen molar-refractivity contribution in [3.8, 4) is 0 Å². The van der Waals surface area contributed by atoms with E-state index in [2.05, 4.69) is 40.8 Å². The summed E-state index contributed by atoms with van der Waals surface area (Å²) in [6, 6.07) is 9.51. The number of rotatable bonds is 11. The Bertz CT molecular complexity index is 638. The van der Waals surface area contributed by atoms with E-state index in [1.54, 1.807) is 0 Å². The average molecular weight is 435 g/mol. The zero-order chi connectivity index (χ0) is 22.2. The number of carbonyl (C=O) groups is 1. The third-order valence-corrected chi connectivity index (χ3v) is 11.0. The second-order valence-electron chi connectivity index (χ2n) is 10.1. The van der Waals surface area contributed by atoms with Crippen molar-refractivity contribution in [3.63, 3.8) is 0 Å². The van der Waals surface area contributed by atoms with Crippen LogP contribution < -0.4 is 0 Å². The first kappa shape index (κ1) is 25.2. The van der Waals surface area contributed by atoms with Crippen LogP contribution in [0.2, 0.25) is 18.1 Å². The molecule has 0 saturated carbocycles. The third-order valence-electron chi connectivity index (χ3n) is 6.48. The molecule has 0 spiro atoms. The van der Waals surface area contributed by atoms with Crippen LogP contribution in [-0.2, 0) is 13.9 Å². The van der Waals surface area contributed by atoms with Crippen LogP contribution >= 0.6 is 0 Å². The smallest absolute Gasteiger partial charge is 0.191 e. The fourth-order valence-corrected chi connectivity index (χ4v) is 4.55. The molecule has 0 radical (unpaired) electrons. The quantitative estimate of drug-likeness (QED) is 0.219. The Hall–Kier alpha value is -1.01. The maximum Gasteiger partial charge on any atom is 0.191 e. The first-order valence-electron chi connectivity index (χ1n) is 11.7. The maximum atomic E-state index is 12.7. The molecule has 0 aliphatic carbocycles. The second kappa shape index (κ2) is 11.6. The van der Waals surface area contributed by atoms with Gasteiger partial charge in [-0.3, -0.25) is 4.79 Å². The molecule has 1 heterocycles. The van der Waals surface area contributed by atoms with Gasteiger partial charge >= 0.3 is 0 Å². The van der Waals surface area contributed by atoms with Crippen LogP contribution in [0.1, 0.15) is 83.0 Å². The summed E-state index contributed by atoms with van der Waals surface area (Å²) in [6.07, 6.45) is 6.15. The van der Waals surface area contributed by atoms with Gasteiger partial charge in [0.1, 0.15) is 0 Å². The van der Waals surface area contributed by atoms with Gasteiger partial charge in [-0.15, -0.1) is 0 Å². The van der Waals surface area contributed by atoms with Crippen LogP contribution in [0.4, 0.5) is 0 Å². The molecule has 1 fully saturated rings. The zero-order valence-electron chi connectivity index (χ0n) is 19.9. The Morgan fingerprint density at radius 3 is 2.37 bits per heavy atom. The molecule has 4 nitrogen and oxygen atoms in total. The monoisotopic (exact) mass is 434 g/mol. The summed E-state index contributed by atoms with van der Waals surface area (Å²) in [5.41, 5.74) is 0.757. The molecule has 0 unspecified atom stereocenters. The van der Waals surface area contributed by atoms with E-state index in [0.29, 0.717) is 13.0 Å². The first-order valence-corrected chi connectivity index (χ1v) is 14.6. The van der Waals surface area contributed by atoms with E-state index in [1.807, 2.05) is 30.3 Å².